The Bertz CT molecular complexity index is 358. The van der Waals surface area contributed by atoms with Crippen LogP contribution in [0.5, 0.6) is 0 Å². The lowest BCUT2D eigenvalue weighted by Crippen LogP contribution is -2.34. The summed E-state index contributed by atoms with van der Waals surface area (Å²) in [7, 11) is 2.09. The van der Waals surface area contributed by atoms with Crippen LogP contribution in [-0.4, -0.2) is 29.8 Å². The lowest BCUT2D eigenvalue weighted by atomic mass is 9.87. The van der Waals surface area contributed by atoms with Crippen molar-refractivity contribution in [3.05, 3.63) is 30.1 Å². The predicted molar refractivity (Wildman–Crippen MR) is 67.5 cm³/mol. The van der Waals surface area contributed by atoms with Crippen LogP contribution in [0.3, 0.4) is 0 Å². The largest absolute Gasteiger partial charge is 0.303 e. The van der Waals surface area contributed by atoms with Gasteiger partial charge in [0.1, 0.15) is 6.29 Å². The molecule has 0 atom stereocenters. The monoisotopic (exact) mass is 232 g/mol. The van der Waals surface area contributed by atoms with E-state index in [1.807, 2.05) is 24.5 Å². The standard InChI is InChI=1S/C14H20N2O/c1-16(10-13-4-8-15-9-5-13)11-14(12-17)6-2-3-7-14/h4-5,8-9,12H,2-3,6-7,10-11H2,1H3. The van der Waals surface area contributed by atoms with Crippen LogP contribution in [0.15, 0.2) is 24.5 Å². The van der Waals surface area contributed by atoms with Gasteiger partial charge < -0.3 is 9.69 Å². The molecule has 0 aliphatic heterocycles. The van der Waals surface area contributed by atoms with E-state index in [-0.39, 0.29) is 5.41 Å². The number of hydrogen-bond donors (Lipinski definition) is 0. The molecule has 1 aromatic rings. The van der Waals surface area contributed by atoms with Gasteiger partial charge in [-0.3, -0.25) is 4.98 Å². The summed E-state index contributed by atoms with van der Waals surface area (Å²) in [4.78, 5) is 17.5. The highest BCUT2D eigenvalue weighted by atomic mass is 16.1. The second-order valence-electron chi connectivity index (χ2n) is 5.22. The van der Waals surface area contributed by atoms with E-state index in [2.05, 4.69) is 16.9 Å². The molecular weight excluding hydrogens is 212 g/mol. The molecule has 92 valence electrons. The molecular formula is C14H20N2O. The molecule has 1 aliphatic carbocycles. The maximum Gasteiger partial charge on any atom is 0.127 e. The van der Waals surface area contributed by atoms with Crippen LogP contribution in [0.4, 0.5) is 0 Å². The molecule has 1 saturated carbocycles. The molecule has 0 unspecified atom stereocenters. The summed E-state index contributed by atoms with van der Waals surface area (Å²) < 4.78 is 0. The summed E-state index contributed by atoms with van der Waals surface area (Å²) in [5.74, 6) is 0. The summed E-state index contributed by atoms with van der Waals surface area (Å²) >= 11 is 0. The summed E-state index contributed by atoms with van der Waals surface area (Å²) in [6.45, 7) is 1.76. The van der Waals surface area contributed by atoms with E-state index < -0.39 is 0 Å². The minimum atomic E-state index is -0.0816. The van der Waals surface area contributed by atoms with Gasteiger partial charge in [-0.15, -0.1) is 0 Å². The molecule has 0 spiro atoms. The molecule has 3 heteroatoms. The Balaban J connectivity index is 1.92. The van der Waals surface area contributed by atoms with Crippen molar-refractivity contribution in [1.82, 2.24) is 9.88 Å². The smallest absolute Gasteiger partial charge is 0.127 e. The van der Waals surface area contributed by atoms with Crippen LogP contribution in [0.2, 0.25) is 0 Å². The molecule has 0 bridgehead atoms. The third-order valence-corrected chi connectivity index (χ3v) is 3.64. The van der Waals surface area contributed by atoms with Crippen molar-refractivity contribution in [3.63, 3.8) is 0 Å². The van der Waals surface area contributed by atoms with Crippen molar-refractivity contribution >= 4 is 6.29 Å². The molecule has 1 aliphatic rings. The highest BCUT2D eigenvalue weighted by molar-refractivity contribution is 5.60. The fourth-order valence-electron chi connectivity index (χ4n) is 2.79. The van der Waals surface area contributed by atoms with Crippen molar-refractivity contribution in [2.45, 2.75) is 32.2 Å². The van der Waals surface area contributed by atoms with Crippen LogP contribution in [0.25, 0.3) is 0 Å². The third-order valence-electron chi connectivity index (χ3n) is 3.64. The number of carbonyl (C=O) groups is 1. The van der Waals surface area contributed by atoms with Crippen LogP contribution in [0, 0.1) is 5.41 Å². The van der Waals surface area contributed by atoms with Gasteiger partial charge in [0.25, 0.3) is 0 Å². The molecule has 0 aromatic carbocycles. The first-order chi connectivity index (χ1) is 8.24. The first-order valence-electron chi connectivity index (χ1n) is 6.28. The summed E-state index contributed by atoms with van der Waals surface area (Å²) in [6.07, 6.45) is 9.31. The van der Waals surface area contributed by atoms with E-state index >= 15 is 0 Å². The van der Waals surface area contributed by atoms with Gasteiger partial charge >= 0.3 is 0 Å². The Hall–Kier alpha value is -1.22. The van der Waals surface area contributed by atoms with E-state index in [0.717, 1.165) is 25.9 Å². The van der Waals surface area contributed by atoms with Crippen molar-refractivity contribution in [1.29, 1.82) is 0 Å². The minimum Gasteiger partial charge on any atom is -0.303 e. The van der Waals surface area contributed by atoms with Gasteiger partial charge in [-0.25, -0.2) is 0 Å². The number of nitrogens with zero attached hydrogens (tertiary/aromatic N) is 2. The fourth-order valence-corrected chi connectivity index (χ4v) is 2.79. The molecule has 1 fully saturated rings. The van der Waals surface area contributed by atoms with Crippen molar-refractivity contribution in [2.75, 3.05) is 13.6 Å². The summed E-state index contributed by atoms with van der Waals surface area (Å²) in [5, 5.41) is 0. The zero-order valence-corrected chi connectivity index (χ0v) is 10.4. The molecule has 0 amide bonds. The Labute approximate surface area is 103 Å². The molecule has 0 radical (unpaired) electrons. The van der Waals surface area contributed by atoms with Crippen LogP contribution < -0.4 is 0 Å². The van der Waals surface area contributed by atoms with E-state index in [1.54, 1.807) is 0 Å². The van der Waals surface area contributed by atoms with E-state index in [4.69, 9.17) is 0 Å². The summed E-state index contributed by atoms with van der Waals surface area (Å²) in [5.41, 5.74) is 1.17. The molecule has 0 saturated heterocycles. The predicted octanol–water partition coefficient (Wildman–Crippen LogP) is 2.27. The van der Waals surface area contributed by atoms with Gasteiger partial charge in [0.05, 0.1) is 0 Å². The van der Waals surface area contributed by atoms with Crippen LogP contribution in [-0.2, 0) is 11.3 Å². The average Bonchev–Trinajstić information content (AvgIpc) is 2.79. The number of hydrogen-bond acceptors (Lipinski definition) is 3. The highest BCUT2D eigenvalue weighted by Gasteiger charge is 2.34. The van der Waals surface area contributed by atoms with Crippen molar-refractivity contribution in [3.8, 4) is 0 Å². The second kappa shape index (κ2) is 5.41. The number of pyridine rings is 1. The molecule has 3 nitrogen and oxygen atoms in total. The first-order valence-corrected chi connectivity index (χ1v) is 6.28. The lowest BCUT2D eigenvalue weighted by molar-refractivity contribution is -0.116. The topological polar surface area (TPSA) is 33.2 Å². The second-order valence-corrected chi connectivity index (χ2v) is 5.22. The van der Waals surface area contributed by atoms with Gasteiger partial charge in [0.2, 0.25) is 0 Å². The van der Waals surface area contributed by atoms with Gasteiger partial charge in [-0.2, -0.15) is 0 Å². The van der Waals surface area contributed by atoms with Crippen molar-refractivity contribution < 1.29 is 4.79 Å². The normalized spacial score (nSPS) is 18.5. The van der Waals surface area contributed by atoms with Gasteiger partial charge in [-0.1, -0.05) is 12.8 Å². The van der Waals surface area contributed by atoms with Gasteiger partial charge in [-0.05, 0) is 37.6 Å². The van der Waals surface area contributed by atoms with Gasteiger partial charge in [0.15, 0.2) is 0 Å². The average molecular weight is 232 g/mol. The third kappa shape index (κ3) is 3.13. The van der Waals surface area contributed by atoms with Crippen molar-refractivity contribution in [2.24, 2.45) is 5.41 Å². The maximum absolute atomic E-state index is 11.3. The van der Waals surface area contributed by atoms with Crippen LogP contribution >= 0.6 is 0 Å². The van der Waals surface area contributed by atoms with Crippen LogP contribution in [0.1, 0.15) is 31.2 Å². The van der Waals surface area contributed by atoms with E-state index in [1.165, 1.54) is 24.7 Å². The molecule has 1 aromatic heterocycles. The lowest BCUT2D eigenvalue weighted by Gasteiger charge is -2.28. The Morgan fingerprint density at radius 2 is 2.00 bits per heavy atom. The molecule has 0 N–H and O–H groups in total. The number of aromatic nitrogens is 1. The fraction of sp³-hybridized carbons (Fsp3) is 0.571. The quantitative estimate of drug-likeness (QED) is 0.730. The zero-order valence-electron chi connectivity index (χ0n) is 10.4. The molecule has 2 rings (SSSR count). The zero-order chi connectivity index (χ0) is 12.1. The first kappa shape index (κ1) is 12.2. The summed E-state index contributed by atoms with van der Waals surface area (Å²) in [6, 6.07) is 4.05. The minimum absolute atomic E-state index is 0.0816. The van der Waals surface area contributed by atoms with E-state index in [9.17, 15) is 4.79 Å². The highest BCUT2D eigenvalue weighted by Crippen LogP contribution is 2.36. The number of carbonyl (C=O) groups excluding carboxylic acids is 1. The SMILES string of the molecule is CN(Cc1ccncc1)CC1(C=O)CCCC1. The molecule has 1 heterocycles. The Morgan fingerprint density at radius 3 is 2.59 bits per heavy atom. The Morgan fingerprint density at radius 1 is 1.35 bits per heavy atom. The number of aldehydes is 1. The maximum atomic E-state index is 11.3. The number of rotatable bonds is 5. The van der Waals surface area contributed by atoms with E-state index in [0.29, 0.717) is 0 Å². The molecule has 17 heavy (non-hydrogen) atoms. The Kier molecular flexibility index (Phi) is 3.89. The van der Waals surface area contributed by atoms with Gasteiger partial charge in [0, 0.05) is 30.9 Å².